The molecule has 1 aromatic carbocycles. The fourth-order valence-corrected chi connectivity index (χ4v) is 3.64. The van der Waals surface area contributed by atoms with Gasteiger partial charge < -0.3 is 9.64 Å². The quantitative estimate of drug-likeness (QED) is 0.793. The highest BCUT2D eigenvalue weighted by Crippen LogP contribution is 2.27. The minimum Gasteiger partial charge on any atom is -0.461 e. The molecule has 2 saturated heterocycles. The largest absolute Gasteiger partial charge is 0.461 e. The fourth-order valence-electron chi connectivity index (χ4n) is 3.64. The summed E-state index contributed by atoms with van der Waals surface area (Å²) in [5.74, 6) is 0.0302. The van der Waals surface area contributed by atoms with Crippen molar-refractivity contribution in [2.24, 2.45) is 0 Å². The van der Waals surface area contributed by atoms with Gasteiger partial charge in [-0.3, -0.25) is 14.5 Å². The van der Waals surface area contributed by atoms with E-state index in [0.29, 0.717) is 13.1 Å². The second kappa shape index (κ2) is 6.55. The van der Waals surface area contributed by atoms with Gasteiger partial charge in [-0.1, -0.05) is 30.3 Å². The minimum absolute atomic E-state index is 0.000763. The third kappa shape index (κ3) is 3.18. The summed E-state index contributed by atoms with van der Waals surface area (Å²) >= 11 is 0. The maximum absolute atomic E-state index is 13.0. The molecule has 1 amide bonds. The summed E-state index contributed by atoms with van der Waals surface area (Å²) in [7, 11) is 0. The number of nitrogens with zero attached hydrogens (tertiary/aromatic N) is 2. The van der Waals surface area contributed by atoms with Crippen LogP contribution in [0.4, 0.5) is 0 Å². The van der Waals surface area contributed by atoms with Crippen LogP contribution in [0.5, 0.6) is 0 Å². The number of benzene rings is 1. The maximum atomic E-state index is 13.0. The number of esters is 1. The predicted molar refractivity (Wildman–Crippen MR) is 91.6 cm³/mol. The number of hydrogen-bond donors (Lipinski definition) is 0. The normalized spacial score (nSPS) is 25.6. The number of amides is 1. The molecule has 2 aliphatic heterocycles. The molecule has 0 radical (unpaired) electrons. The number of piperazine rings is 1. The van der Waals surface area contributed by atoms with Gasteiger partial charge in [-0.05, 0) is 26.3 Å². The third-order valence-electron chi connectivity index (χ3n) is 5.22. The van der Waals surface area contributed by atoms with E-state index in [1.807, 2.05) is 56.0 Å². The Morgan fingerprint density at radius 3 is 2.29 bits per heavy atom. The topological polar surface area (TPSA) is 49.9 Å². The van der Waals surface area contributed by atoms with E-state index in [9.17, 15) is 9.59 Å². The Balaban J connectivity index is 1.62. The molecule has 0 aromatic heterocycles. The van der Waals surface area contributed by atoms with Gasteiger partial charge in [-0.2, -0.15) is 0 Å². The molecule has 0 saturated carbocycles. The molecule has 0 aliphatic carbocycles. The molecule has 3 rings (SSSR count). The van der Waals surface area contributed by atoms with Crippen LogP contribution in [0.1, 0.15) is 32.8 Å². The molecule has 2 aliphatic rings. The van der Waals surface area contributed by atoms with Crippen molar-refractivity contribution < 1.29 is 14.3 Å². The van der Waals surface area contributed by atoms with E-state index in [-0.39, 0.29) is 24.0 Å². The zero-order valence-corrected chi connectivity index (χ0v) is 14.7. The smallest absolute Gasteiger partial charge is 0.323 e. The maximum Gasteiger partial charge on any atom is 0.323 e. The van der Waals surface area contributed by atoms with Gasteiger partial charge in [0.05, 0.1) is 5.41 Å². The molecule has 24 heavy (non-hydrogen) atoms. The summed E-state index contributed by atoms with van der Waals surface area (Å²) < 4.78 is 5.25. The number of hydrogen-bond acceptors (Lipinski definition) is 4. The van der Waals surface area contributed by atoms with E-state index in [4.69, 9.17) is 4.74 Å². The first-order valence-electron chi connectivity index (χ1n) is 8.69. The Labute approximate surface area is 143 Å². The Bertz CT molecular complexity index is 606. The lowest BCUT2D eigenvalue weighted by Gasteiger charge is -2.40. The second-order valence-electron chi connectivity index (χ2n) is 7.32. The minimum atomic E-state index is -0.537. The van der Waals surface area contributed by atoms with Crippen LogP contribution in [0.25, 0.3) is 0 Å². The van der Waals surface area contributed by atoms with Gasteiger partial charge in [0.15, 0.2) is 0 Å². The van der Waals surface area contributed by atoms with E-state index in [0.717, 1.165) is 25.1 Å². The van der Waals surface area contributed by atoms with Crippen molar-refractivity contribution >= 4 is 11.9 Å². The predicted octanol–water partition coefficient (Wildman–Crippen LogP) is 1.81. The van der Waals surface area contributed by atoms with Crippen molar-refractivity contribution in [3.8, 4) is 0 Å². The van der Waals surface area contributed by atoms with Crippen molar-refractivity contribution in [3.05, 3.63) is 35.9 Å². The van der Waals surface area contributed by atoms with Crippen LogP contribution in [-0.4, -0.2) is 60.0 Å². The van der Waals surface area contributed by atoms with E-state index in [1.54, 1.807) is 0 Å². The summed E-state index contributed by atoms with van der Waals surface area (Å²) in [5.41, 5.74) is 0.496. The van der Waals surface area contributed by atoms with Crippen molar-refractivity contribution in [2.75, 3.05) is 26.2 Å². The summed E-state index contributed by atoms with van der Waals surface area (Å²) in [5, 5.41) is 0. The Morgan fingerprint density at radius 2 is 1.75 bits per heavy atom. The van der Waals surface area contributed by atoms with Gasteiger partial charge in [0, 0.05) is 32.6 Å². The average molecular weight is 330 g/mol. The monoisotopic (exact) mass is 330 g/mol. The summed E-state index contributed by atoms with van der Waals surface area (Å²) in [6.07, 6.45) is 0.752. The van der Waals surface area contributed by atoms with Crippen LogP contribution in [0, 0.1) is 0 Å². The van der Waals surface area contributed by atoms with Crippen LogP contribution in [0.2, 0.25) is 0 Å². The zero-order chi connectivity index (χ0) is 17.3. The van der Waals surface area contributed by atoms with Crippen molar-refractivity contribution in [2.45, 2.75) is 44.8 Å². The third-order valence-corrected chi connectivity index (χ3v) is 5.22. The first-order valence-corrected chi connectivity index (χ1v) is 8.69. The molecule has 0 bridgehead atoms. The fraction of sp³-hybridized carbons (Fsp3) is 0.579. The number of carbonyl (C=O) groups excluding carboxylic acids is 2. The van der Waals surface area contributed by atoms with E-state index >= 15 is 0 Å². The van der Waals surface area contributed by atoms with E-state index in [2.05, 4.69) is 4.90 Å². The SMILES string of the molecule is C[C@@H]1C[C@@H](N2CCN(C(=O)C(C)(C)c3ccccc3)CC2)C(=O)O1. The number of ether oxygens (including phenoxy) is 1. The van der Waals surface area contributed by atoms with Crippen LogP contribution >= 0.6 is 0 Å². The lowest BCUT2D eigenvalue weighted by atomic mass is 9.83. The molecule has 0 N–H and O–H groups in total. The summed E-state index contributed by atoms with van der Waals surface area (Å²) in [6, 6.07) is 9.77. The van der Waals surface area contributed by atoms with Crippen LogP contribution in [0.3, 0.4) is 0 Å². The highest BCUT2D eigenvalue weighted by Gasteiger charge is 2.40. The molecule has 2 fully saturated rings. The van der Waals surface area contributed by atoms with Gasteiger partial charge in [-0.15, -0.1) is 0 Å². The van der Waals surface area contributed by atoms with Gasteiger partial charge in [0.2, 0.25) is 5.91 Å². The lowest BCUT2D eigenvalue weighted by molar-refractivity contribution is -0.146. The zero-order valence-electron chi connectivity index (χ0n) is 14.7. The summed E-state index contributed by atoms with van der Waals surface area (Å²) in [4.78, 5) is 29.0. The number of cyclic esters (lactones) is 1. The standard InChI is InChI=1S/C19H26N2O3/c1-14-13-16(17(22)24-14)20-9-11-21(12-10-20)18(23)19(2,3)15-7-5-4-6-8-15/h4-8,14,16H,9-13H2,1-3H3/t14-,16-/m1/s1. The van der Waals surface area contributed by atoms with Crippen LogP contribution in [-0.2, 0) is 19.7 Å². The molecule has 130 valence electrons. The molecule has 0 unspecified atom stereocenters. The molecular weight excluding hydrogens is 304 g/mol. The molecule has 5 heteroatoms. The molecule has 2 atom stereocenters. The van der Waals surface area contributed by atoms with Gasteiger partial charge in [0.1, 0.15) is 12.1 Å². The molecule has 0 spiro atoms. The van der Waals surface area contributed by atoms with Crippen molar-refractivity contribution in [1.82, 2.24) is 9.80 Å². The first-order chi connectivity index (χ1) is 11.4. The van der Waals surface area contributed by atoms with Gasteiger partial charge in [-0.25, -0.2) is 0 Å². The van der Waals surface area contributed by atoms with Gasteiger partial charge >= 0.3 is 5.97 Å². The van der Waals surface area contributed by atoms with Crippen molar-refractivity contribution in [3.63, 3.8) is 0 Å². The molecule has 2 heterocycles. The second-order valence-corrected chi connectivity index (χ2v) is 7.32. The van der Waals surface area contributed by atoms with Crippen molar-refractivity contribution in [1.29, 1.82) is 0 Å². The molecule has 5 nitrogen and oxygen atoms in total. The Kier molecular flexibility index (Phi) is 4.63. The molecule has 1 aromatic rings. The average Bonchev–Trinajstić information content (AvgIpc) is 2.93. The van der Waals surface area contributed by atoms with Crippen LogP contribution < -0.4 is 0 Å². The number of rotatable bonds is 3. The summed E-state index contributed by atoms with van der Waals surface area (Å²) in [6.45, 7) is 8.66. The van der Waals surface area contributed by atoms with Crippen LogP contribution in [0.15, 0.2) is 30.3 Å². The van der Waals surface area contributed by atoms with E-state index < -0.39 is 5.41 Å². The Morgan fingerprint density at radius 1 is 1.12 bits per heavy atom. The lowest BCUT2D eigenvalue weighted by Crippen LogP contribution is -2.56. The molecular formula is C19H26N2O3. The highest BCUT2D eigenvalue weighted by atomic mass is 16.6. The van der Waals surface area contributed by atoms with E-state index in [1.165, 1.54) is 0 Å². The highest BCUT2D eigenvalue weighted by molar-refractivity contribution is 5.87. The Hall–Kier alpha value is -1.88. The first kappa shape index (κ1) is 17.0. The number of carbonyl (C=O) groups is 2. The van der Waals surface area contributed by atoms with Gasteiger partial charge in [0.25, 0.3) is 0 Å².